The number of hydrogen-bond donors (Lipinski definition) is 2. The zero-order valence-electron chi connectivity index (χ0n) is 15.3. The molecule has 0 atom stereocenters. The molecule has 3 aromatic carbocycles. The van der Waals surface area contributed by atoms with E-state index in [1.807, 2.05) is 24.3 Å². The normalized spacial score (nSPS) is 10.6. The van der Waals surface area contributed by atoms with Gasteiger partial charge in [-0.05, 0) is 29.7 Å². The molecule has 0 bridgehead atoms. The van der Waals surface area contributed by atoms with Gasteiger partial charge < -0.3 is 15.4 Å². The summed E-state index contributed by atoms with van der Waals surface area (Å²) in [6.45, 7) is 1.75. The minimum Gasteiger partial charge on any atom is -0.494 e. The van der Waals surface area contributed by atoms with E-state index in [9.17, 15) is 9.59 Å². The number of carbonyl (C=O) groups excluding carboxylic acids is 2. The summed E-state index contributed by atoms with van der Waals surface area (Å²) in [6, 6.07) is 14.0. The van der Waals surface area contributed by atoms with E-state index in [0.717, 1.165) is 10.8 Å². The first kappa shape index (κ1) is 20.0. The number of methoxy groups -OCH3 is 1. The van der Waals surface area contributed by atoms with Crippen molar-refractivity contribution in [2.24, 2.45) is 0 Å². The van der Waals surface area contributed by atoms with Crippen molar-refractivity contribution in [1.82, 2.24) is 0 Å². The Balaban J connectivity index is 1.97. The minimum atomic E-state index is -0.426. The van der Waals surface area contributed by atoms with Crippen LogP contribution in [0.25, 0.3) is 10.8 Å². The third-order valence-electron chi connectivity index (χ3n) is 4.21. The molecule has 2 amide bonds. The van der Waals surface area contributed by atoms with E-state index in [2.05, 4.69) is 10.6 Å². The molecule has 0 spiro atoms. The fraction of sp³-hybridized carbons (Fsp3) is 0.143. The molecular formula is C21H18Cl2N2O3. The molecule has 0 radical (unpaired) electrons. The monoisotopic (exact) mass is 416 g/mol. The van der Waals surface area contributed by atoms with Crippen LogP contribution in [0.5, 0.6) is 5.75 Å². The highest BCUT2D eigenvalue weighted by Gasteiger charge is 2.19. The Morgan fingerprint density at radius 3 is 2.50 bits per heavy atom. The van der Waals surface area contributed by atoms with Crippen molar-refractivity contribution >= 4 is 57.2 Å². The van der Waals surface area contributed by atoms with E-state index in [0.29, 0.717) is 27.8 Å². The van der Waals surface area contributed by atoms with Crippen LogP contribution in [-0.4, -0.2) is 18.9 Å². The fourth-order valence-corrected chi connectivity index (χ4v) is 3.31. The number of rotatable bonds is 5. The third-order valence-corrected chi connectivity index (χ3v) is 4.91. The molecule has 7 heteroatoms. The Kier molecular flexibility index (Phi) is 6.07. The molecule has 144 valence electrons. The van der Waals surface area contributed by atoms with Crippen LogP contribution < -0.4 is 15.4 Å². The van der Waals surface area contributed by atoms with E-state index in [1.54, 1.807) is 31.2 Å². The van der Waals surface area contributed by atoms with Gasteiger partial charge in [0.15, 0.2) is 5.75 Å². The van der Waals surface area contributed by atoms with Crippen molar-refractivity contribution in [1.29, 1.82) is 0 Å². The maximum Gasteiger partial charge on any atom is 0.259 e. The van der Waals surface area contributed by atoms with Gasteiger partial charge in [-0.15, -0.1) is 0 Å². The zero-order valence-corrected chi connectivity index (χ0v) is 16.8. The Labute approximate surface area is 172 Å². The standard InChI is InChI=1S/C21H18Cl2N2O3/c1-3-18(26)24-13-8-9-16(22)17(11-13)25-21(27)15-10-12-6-4-5-7-14(12)19(23)20(15)28-2/h4-11H,3H2,1-2H3,(H,24,26)(H,25,27). The number of fused-ring (bicyclic) bond motifs is 1. The number of ether oxygens (including phenoxy) is 1. The van der Waals surface area contributed by atoms with E-state index in [1.165, 1.54) is 7.11 Å². The lowest BCUT2D eigenvalue weighted by Gasteiger charge is -2.14. The van der Waals surface area contributed by atoms with Gasteiger partial charge in [-0.2, -0.15) is 0 Å². The van der Waals surface area contributed by atoms with Crippen LogP contribution in [0.4, 0.5) is 11.4 Å². The van der Waals surface area contributed by atoms with E-state index in [4.69, 9.17) is 27.9 Å². The second kappa shape index (κ2) is 8.50. The maximum absolute atomic E-state index is 12.9. The molecule has 0 heterocycles. The average Bonchev–Trinajstić information content (AvgIpc) is 2.70. The largest absolute Gasteiger partial charge is 0.494 e. The first-order valence-corrected chi connectivity index (χ1v) is 9.36. The molecule has 0 saturated carbocycles. The molecule has 3 rings (SSSR count). The van der Waals surface area contributed by atoms with Crippen LogP contribution >= 0.6 is 23.2 Å². The number of amides is 2. The fourth-order valence-electron chi connectivity index (χ4n) is 2.79. The number of anilines is 2. The Morgan fingerprint density at radius 2 is 1.79 bits per heavy atom. The van der Waals surface area contributed by atoms with Crippen molar-refractivity contribution in [3.8, 4) is 5.75 Å². The molecule has 2 N–H and O–H groups in total. The lowest BCUT2D eigenvalue weighted by atomic mass is 10.0. The van der Waals surface area contributed by atoms with Gasteiger partial charge in [-0.25, -0.2) is 0 Å². The van der Waals surface area contributed by atoms with Gasteiger partial charge >= 0.3 is 0 Å². The summed E-state index contributed by atoms with van der Waals surface area (Å²) in [5.74, 6) is -0.280. The summed E-state index contributed by atoms with van der Waals surface area (Å²) < 4.78 is 5.38. The van der Waals surface area contributed by atoms with Crippen molar-refractivity contribution in [2.45, 2.75) is 13.3 Å². The van der Waals surface area contributed by atoms with Gasteiger partial charge in [0.25, 0.3) is 5.91 Å². The zero-order chi connectivity index (χ0) is 20.3. The van der Waals surface area contributed by atoms with Crippen LogP contribution in [0.2, 0.25) is 10.0 Å². The second-order valence-electron chi connectivity index (χ2n) is 6.04. The molecule has 3 aromatic rings. The van der Waals surface area contributed by atoms with Crippen molar-refractivity contribution < 1.29 is 14.3 Å². The molecule has 0 saturated heterocycles. The van der Waals surface area contributed by atoms with Gasteiger partial charge in [0.05, 0.1) is 28.4 Å². The first-order valence-electron chi connectivity index (χ1n) is 8.60. The Morgan fingerprint density at radius 1 is 1.04 bits per heavy atom. The summed E-state index contributed by atoms with van der Waals surface area (Å²) in [5.41, 5.74) is 1.19. The quantitative estimate of drug-likeness (QED) is 0.555. The summed E-state index contributed by atoms with van der Waals surface area (Å²) in [7, 11) is 1.46. The maximum atomic E-state index is 12.9. The Bertz CT molecular complexity index is 1070. The second-order valence-corrected chi connectivity index (χ2v) is 6.83. The number of carbonyl (C=O) groups is 2. The highest BCUT2D eigenvalue weighted by atomic mass is 35.5. The van der Waals surface area contributed by atoms with Crippen molar-refractivity contribution in [3.05, 3.63) is 64.1 Å². The average molecular weight is 417 g/mol. The molecule has 0 aliphatic heterocycles. The molecular weight excluding hydrogens is 399 g/mol. The molecule has 0 aliphatic rings. The predicted molar refractivity (Wildman–Crippen MR) is 114 cm³/mol. The highest BCUT2D eigenvalue weighted by Crippen LogP contribution is 2.37. The SMILES string of the molecule is CCC(=O)Nc1ccc(Cl)c(NC(=O)c2cc3ccccc3c(Cl)c2OC)c1. The Hall–Kier alpha value is -2.76. The van der Waals surface area contributed by atoms with Crippen molar-refractivity contribution in [3.63, 3.8) is 0 Å². The minimum absolute atomic E-state index is 0.137. The molecule has 0 aromatic heterocycles. The van der Waals surface area contributed by atoms with Gasteiger partial charge in [-0.3, -0.25) is 9.59 Å². The van der Waals surface area contributed by atoms with Gasteiger partial charge in [0.2, 0.25) is 5.91 Å². The van der Waals surface area contributed by atoms with Gasteiger partial charge in [0, 0.05) is 17.5 Å². The van der Waals surface area contributed by atoms with Crippen LogP contribution in [0.3, 0.4) is 0 Å². The molecule has 28 heavy (non-hydrogen) atoms. The number of benzene rings is 3. The van der Waals surface area contributed by atoms with Gasteiger partial charge in [-0.1, -0.05) is 54.4 Å². The van der Waals surface area contributed by atoms with Crippen molar-refractivity contribution in [2.75, 3.05) is 17.7 Å². The summed E-state index contributed by atoms with van der Waals surface area (Å²) >= 11 is 12.7. The number of nitrogens with one attached hydrogen (secondary N) is 2. The van der Waals surface area contributed by atoms with Gasteiger partial charge in [0.1, 0.15) is 0 Å². The van der Waals surface area contributed by atoms with E-state index < -0.39 is 5.91 Å². The number of hydrogen-bond acceptors (Lipinski definition) is 3. The van der Waals surface area contributed by atoms with Crippen LogP contribution in [0.1, 0.15) is 23.7 Å². The van der Waals surface area contributed by atoms with Crippen LogP contribution in [0.15, 0.2) is 48.5 Å². The molecule has 0 unspecified atom stereocenters. The topological polar surface area (TPSA) is 67.4 Å². The summed E-state index contributed by atoms with van der Waals surface area (Å²) in [5, 5.41) is 7.81. The lowest BCUT2D eigenvalue weighted by Crippen LogP contribution is -2.15. The predicted octanol–water partition coefficient (Wildman–Crippen LogP) is 5.76. The lowest BCUT2D eigenvalue weighted by molar-refractivity contribution is -0.115. The highest BCUT2D eigenvalue weighted by molar-refractivity contribution is 6.38. The summed E-state index contributed by atoms with van der Waals surface area (Å²) in [6.07, 6.45) is 0.344. The first-order chi connectivity index (χ1) is 13.4. The molecule has 0 fully saturated rings. The summed E-state index contributed by atoms with van der Waals surface area (Å²) in [4.78, 5) is 24.5. The number of halogens is 2. The smallest absolute Gasteiger partial charge is 0.259 e. The molecule has 0 aliphatic carbocycles. The van der Waals surface area contributed by atoms with Crippen LogP contribution in [-0.2, 0) is 4.79 Å². The van der Waals surface area contributed by atoms with E-state index >= 15 is 0 Å². The molecule has 5 nitrogen and oxygen atoms in total. The van der Waals surface area contributed by atoms with E-state index in [-0.39, 0.29) is 17.2 Å². The van der Waals surface area contributed by atoms with Crippen LogP contribution in [0, 0.1) is 0 Å². The third kappa shape index (κ3) is 4.06.